The highest BCUT2D eigenvalue weighted by molar-refractivity contribution is 6.09. The number of phenols is 1. The van der Waals surface area contributed by atoms with Gasteiger partial charge in [0.15, 0.2) is 17.3 Å². The van der Waals surface area contributed by atoms with Crippen molar-refractivity contribution in [3.63, 3.8) is 0 Å². The van der Waals surface area contributed by atoms with E-state index in [0.717, 1.165) is 6.08 Å². The fourth-order valence-corrected chi connectivity index (χ4v) is 3.23. The Morgan fingerprint density at radius 2 is 1.94 bits per heavy atom. The number of carbonyl (C=O) groups excluding carboxylic acids is 2. The van der Waals surface area contributed by atoms with Crippen molar-refractivity contribution in [3.05, 3.63) is 35.9 Å². The standard InChI is InChI=1S/C20H24O11/c21-8-13-15(24)16(25)17(26)18(31-13)30-12-7-10(4-5-11(12)22)9-29-19(27)20(28)6-2-1-3-14(20)23/h2,4-7,13,15-18,21-22,24-26,28H,1,3,8-9H2/t13-,15-,16+,17-,18-,20?/m1/s1. The number of Topliss-reactive ketones (excluding diaryl/α,β-unsaturated/α-hetero) is 1. The second-order valence-corrected chi connectivity index (χ2v) is 7.32. The van der Waals surface area contributed by atoms with Gasteiger partial charge in [0.05, 0.1) is 6.61 Å². The summed E-state index contributed by atoms with van der Waals surface area (Å²) in [4.78, 5) is 24.1. The van der Waals surface area contributed by atoms with E-state index >= 15 is 0 Å². The fourth-order valence-electron chi connectivity index (χ4n) is 3.23. The first kappa shape index (κ1) is 23.1. The average Bonchev–Trinajstić information content (AvgIpc) is 2.76. The molecule has 2 aliphatic rings. The van der Waals surface area contributed by atoms with Gasteiger partial charge in [-0.2, -0.15) is 0 Å². The smallest absolute Gasteiger partial charge is 0.350 e. The molecule has 0 amide bonds. The molecule has 170 valence electrons. The van der Waals surface area contributed by atoms with Gasteiger partial charge in [-0.1, -0.05) is 12.1 Å². The lowest BCUT2D eigenvalue weighted by molar-refractivity contribution is -0.277. The minimum absolute atomic E-state index is 0.0123. The number of carbonyl (C=O) groups is 2. The van der Waals surface area contributed by atoms with E-state index in [9.17, 15) is 40.2 Å². The van der Waals surface area contributed by atoms with E-state index in [1.807, 2.05) is 0 Å². The van der Waals surface area contributed by atoms with Crippen LogP contribution in [0.1, 0.15) is 18.4 Å². The number of phenolic OH excluding ortho intramolecular Hbond substituents is 1. The van der Waals surface area contributed by atoms with E-state index in [1.165, 1.54) is 24.3 Å². The number of hydrogen-bond donors (Lipinski definition) is 6. The molecule has 6 N–H and O–H groups in total. The third kappa shape index (κ3) is 4.71. The molecule has 1 heterocycles. The molecule has 31 heavy (non-hydrogen) atoms. The van der Waals surface area contributed by atoms with E-state index in [2.05, 4.69) is 0 Å². The van der Waals surface area contributed by atoms with E-state index < -0.39 is 54.7 Å². The predicted octanol–water partition coefficient (Wildman–Crippen LogP) is -1.74. The fraction of sp³-hybridized carbons (Fsp3) is 0.500. The molecule has 1 saturated heterocycles. The largest absolute Gasteiger partial charge is 0.504 e. The first-order valence-electron chi connectivity index (χ1n) is 9.57. The van der Waals surface area contributed by atoms with Crippen LogP contribution in [-0.4, -0.2) is 85.3 Å². The van der Waals surface area contributed by atoms with Crippen LogP contribution < -0.4 is 4.74 Å². The highest BCUT2D eigenvalue weighted by Crippen LogP contribution is 2.31. The lowest BCUT2D eigenvalue weighted by Gasteiger charge is -2.39. The molecule has 1 aromatic rings. The summed E-state index contributed by atoms with van der Waals surface area (Å²) >= 11 is 0. The van der Waals surface area contributed by atoms with E-state index in [4.69, 9.17) is 14.2 Å². The molecule has 1 aliphatic heterocycles. The molecule has 1 aliphatic carbocycles. The van der Waals surface area contributed by atoms with Crippen LogP contribution in [0.2, 0.25) is 0 Å². The maximum absolute atomic E-state index is 12.2. The lowest BCUT2D eigenvalue weighted by atomic mass is 9.90. The summed E-state index contributed by atoms with van der Waals surface area (Å²) in [6, 6.07) is 3.86. The SMILES string of the molecule is O=C1CCC=CC1(O)C(=O)OCc1ccc(O)c(O[C@@H]2O[C@H](CO)[C@@H](O)[C@H](O)[C@H]2O)c1. The number of aliphatic hydroxyl groups is 5. The molecule has 1 fully saturated rings. The minimum atomic E-state index is -2.34. The highest BCUT2D eigenvalue weighted by Gasteiger charge is 2.45. The number of rotatable bonds is 6. The Labute approximate surface area is 176 Å². The third-order valence-electron chi connectivity index (χ3n) is 5.12. The number of allylic oxidation sites excluding steroid dienone is 1. The lowest BCUT2D eigenvalue weighted by Crippen LogP contribution is -2.60. The molecular formula is C20H24O11. The van der Waals surface area contributed by atoms with Crippen LogP contribution in [0.5, 0.6) is 11.5 Å². The number of hydrogen-bond acceptors (Lipinski definition) is 11. The average molecular weight is 440 g/mol. The Bertz CT molecular complexity index is 852. The Kier molecular flexibility index (Phi) is 6.94. The Hall–Kier alpha value is -2.54. The molecule has 0 aromatic heterocycles. The zero-order valence-electron chi connectivity index (χ0n) is 16.3. The van der Waals surface area contributed by atoms with Gasteiger partial charge >= 0.3 is 5.97 Å². The van der Waals surface area contributed by atoms with Crippen molar-refractivity contribution in [3.8, 4) is 11.5 Å². The van der Waals surface area contributed by atoms with Crippen LogP contribution in [0.4, 0.5) is 0 Å². The van der Waals surface area contributed by atoms with Gasteiger partial charge in [-0.05, 0) is 30.2 Å². The zero-order valence-corrected chi connectivity index (χ0v) is 16.3. The molecule has 11 nitrogen and oxygen atoms in total. The van der Waals surface area contributed by atoms with E-state index in [1.54, 1.807) is 0 Å². The monoisotopic (exact) mass is 440 g/mol. The molecule has 6 atom stereocenters. The summed E-state index contributed by atoms with van der Waals surface area (Å²) in [7, 11) is 0. The van der Waals surface area contributed by atoms with Crippen molar-refractivity contribution in [2.24, 2.45) is 0 Å². The molecule has 11 heteroatoms. The van der Waals surface area contributed by atoms with Crippen molar-refractivity contribution in [1.82, 2.24) is 0 Å². The summed E-state index contributed by atoms with van der Waals surface area (Å²) in [5, 5.41) is 59.2. The minimum Gasteiger partial charge on any atom is -0.504 e. The Morgan fingerprint density at radius 3 is 2.61 bits per heavy atom. The third-order valence-corrected chi connectivity index (χ3v) is 5.12. The summed E-state index contributed by atoms with van der Waals surface area (Å²) in [5.74, 6) is -2.38. The summed E-state index contributed by atoms with van der Waals surface area (Å²) in [6.07, 6.45) is -4.60. The van der Waals surface area contributed by atoms with Crippen LogP contribution in [0.3, 0.4) is 0 Å². The van der Waals surface area contributed by atoms with Gasteiger partial charge in [-0.3, -0.25) is 4.79 Å². The molecule has 0 radical (unpaired) electrons. The number of benzene rings is 1. The first-order chi connectivity index (χ1) is 14.7. The summed E-state index contributed by atoms with van der Waals surface area (Å²) in [6.45, 7) is -1.02. The maximum atomic E-state index is 12.2. The summed E-state index contributed by atoms with van der Waals surface area (Å²) < 4.78 is 15.6. The number of aromatic hydroxyl groups is 1. The van der Waals surface area contributed by atoms with Crippen LogP contribution in [0.25, 0.3) is 0 Å². The molecule has 1 unspecified atom stereocenters. The van der Waals surface area contributed by atoms with E-state index in [-0.39, 0.29) is 24.5 Å². The van der Waals surface area contributed by atoms with Gasteiger partial charge in [0.1, 0.15) is 31.0 Å². The van der Waals surface area contributed by atoms with Crippen LogP contribution in [0, 0.1) is 0 Å². The van der Waals surface area contributed by atoms with Gasteiger partial charge in [0, 0.05) is 6.42 Å². The normalized spacial score (nSPS) is 33.2. The predicted molar refractivity (Wildman–Crippen MR) is 101 cm³/mol. The van der Waals surface area contributed by atoms with Crippen molar-refractivity contribution < 1.29 is 54.4 Å². The van der Waals surface area contributed by atoms with Crippen molar-refractivity contribution in [2.45, 2.75) is 55.8 Å². The number of esters is 1. The van der Waals surface area contributed by atoms with Crippen molar-refractivity contribution in [1.29, 1.82) is 0 Å². The van der Waals surface area contributed by atoms with Gasteiger partial charge in [-0.15, -0.1) is 0 Å². The topological polar surface area (TPSA) is 183 Å². The molecule has 0 spiro atoms. The quantitative estimate of drug-likeness (QED) is 0.168. The molecule has 0 saturated carbocycles. The first-order valence-corrected chi connectivity index (χ1v) is 9.57. The number of ether oxygens (including phenoxy) is 3. The second-order valence-electron chi connectivity index (χ2n) is 7.32. The molecule has 1 aromatic carbocycles. The van der Waals surface area contributed by atoms with Gasteiger partial charge in [0.2, 0.25) is 11.9 Å². The number of ketones is 1. The van der Waals surface area contributed by atoms with Gasteiger partial charge < -0.3 is 44.8 Å². The molecule has 3 rings (SSSR count). The van der Waals surface area contributed by atoms with E-state index in [0.29, 0.717) is 12.0 Å². The van der Waals surface area contributed by atoms with Crippen molar-refractivity contribution >= 4 is 11.8 Å². The highest BCUT2D eigenvalue weighted by atomic mass is 16.7. The number of aliphatic hydroxyl groups excluding tert-OH is 4. The van der Waals surface area contributed by atoms with Crippen molar-refractivity contribution in [2.75, 3.05) is 6.61 Å². The van der Waals surface area contributed by atoms with Gasteiger partial charge in [0.25, 0.3) is 0 Å². The molecule has 0 bridgehead atoms. The zero-order chi connectivity index (χ0) is 22.8. The molecular weight excluding hydrogens is 416 g/mol. The van der Waals surface area contributed by atoms with Crippen LogP contribution in [-0.2, 0) is 25.7 Å². The summed E-state index contributed by atoms with van der Waals surface area (Å²) in [5.41, 5.74) is -2.04. The second kappa shape index (κ2) is 9.30. The van der Waals surface area contributed by atoms with Crippen LogP contribution >= 0.6 is 0 Å². The van der Waals surface area contributed by atoms with Gasteiger partial charge in [-0.25, -0.2) is 4.79 Å². The Balaban J connectivity index is 1.69. The van der Waals surface area contributed by atoms with Crippen LogP contribution in [0.15, 0.2) is 30.4 Å². The Morgan fingerprint density at radius 1 is 1.19 bits per heavy atom. The maximum Gasteiger partial charge on any atom is 0.350 e.